The van der Waals surface area contributed by atoms with E-state index in [1.807, 2.05) is 18.2 Å². The summed E-state index contributed by atoms with van der Waals surface area (Å²) in [5.41, 5.74) is 1.77. The van der Waals surface area contributed by atoms with Crippen LogP contribution in [-0.2, 0) is 6.42 Å². The number of benzene rings is 2. The van der Waals surface area contributed by atoms with Crippen LogP contribution in [0, 0.1) is 0 Å². The minimum Gasteiger partial charge on any atom is -0.508 e. The molecular formula is C16H16O5. The zero-order chi connectivity index (χ0) is 14.8. The summed E-state index contributed by atoms with van der Waals surface area (Å²) < 4.78 is 21.1. The predicted molar refractivity (Wildman–Crippen MR) is 76.6 cm³/mol. The summed E-state index contributed by atoms with van der Waals surface area (Å²) in [6.07, 6.45) is 0.558. The number of methoxy groups -OCH3 is 2. The molecular weight excluding hydrogens is 272 g/mol. The Morgan fingerprint density at radius 2 is 1.71 bits per heavy atom. The van der Waals surface area contributed by atoms with Crippen LogP contribution in [0.2, 0.25) is 0 Å². The van der Waals surface area contributed by atoms with Crippen molar-refractivity contribution in [2.75, 3.05) is 21.0 Å². The van der Waals surface area contributed by atoms with Crippen LogP contribution in [0.1, 0.15) is 11.1 Å². The van der Waals surface area contributed by atoms with E-state index in [1.54, 1.807) is 26.4 Å². The number of phenolic OH excluding ortho intramolecular Hbond substituents is 1. The first-order valence-corrected chi connectivity index (χ1v) is 6.53. The van der Waals surface area contributed by atoms with Crippen molar-refractivity contribution in [1.29, 1.82) is 0 Å². The number of phenols is 1. The Hall–Kier alpha value is -2.56. The van der Waals surface area contributed by atoms with E-state index in [0.717, 1.165) is 11.1 Å². The topological polar surface area (TPSA) is 57.2 Å². The summed E-state index contributed by atoms with van der Waals surface area (Å²) in [6, 6.07) is 9.05. The lowest BCUT2D eigenvalue weighted by Gasteiger charge is -2.11. The van der Waals surface area contributed by atoms with Gasteiger partial charge < -0.3 is 24.1 Å². The molecule has 0 aromatic heterocycles. The molecule has 0 bridgehead atoms. The highest BCUT2D eigenvalue weighted by Crippen LogP contribution is 2.39. The first kappa shape index (κ1) is 13.4. The molecule has 0 spiro atoms. The number of hydrogen-bond acceptors (Lipinski definition) is 5. The monoisotopic (exact) mass is 288 g/mol. The summed E-state index contributed by atoms with van der Waals surface area (Å²) in [7, 11) is 3.20. The second-order valence-electron chi connectivity index (χ2n) is 4.70. The number of aromatic hydroxyl groups is 1. The van der Waals surface area contributed by atoms with Crippen LogP contribution in [0.4, 0.5) is 0 Å². The van der Waals surface area contributed by atoms with Gasteiger partial charge in [0.05, 0.1) is 14.2 Å². The molecule has 1 heterocycles. The van der Waals surface area contributed by atoms with Crippen LogP contribution in [0.5, 0.6) is 28.7 Å². The Morgan fingerprint density at radius 1 is 1.00 bits per heavy atom. The molecule has 0 saturated carbocycles. The van der Waals surface area contributed by atoms with Gasteiger partial charge in [0, 0.05) is 18.1 Å². The second kappa shape index (κ2) is 5.44. The molecule has 2 aromatic rings. The number of ether oxygens (including phenoxy) is 4. The highest BCUT2D eigenvalue weighted by Gasteiger charge is 2.17. The molecule has 2 aromatic carbocycles. The summed E-state index contributed by atoms with van der Waals surface area (Å²) >= 11 is 0. The fraction of sp³-hybridized carbons (Fsp3) is 0.250. The van der Waals surface area contributed by atoms with Crippen molar-refractivity contribution in [2.24, 2.45) is 0 Å². The van der Waals surface area contributed by atoms with Crippen molar-refractivity contribution < 1.29 is 24.1 Å². The maximum absolute atomic E-state index is 10.1. The van der Waals surface area contributed by atoms with Crippen LogP contribution in [0.3, 0.4) is 0 Å². The van der Waals surface area contributed by atoms with E-state index >= 15 is 0 Å². The van der Waals surface area contributed by atoms with Gasteiger partial charge in [0.25, 0.3) is 0 Å². The number of hydrogen-bond donors (Lipinski definition) is 1. The Labute approximate surface area is 122 Å². The maximum atomic E-state index is 10.1. The van der Waals surface area contributed by atoms with Crippen LogP contribution < -0.4 is 18.9 Å². The van der Waals surface area contributed by atoms with Crippen molar-refractivity contribution >= 4 is 0 Å². The van der Waals surface area contributed by atoms with Crippen molar-refractivity contribution in [2.45, 2.75) is 6.42 Å². The predicted octanol–water partition coefficient (Wildman–Crippen LogP) is 2.73. The molecule has 1 aliphatic rings. The van der Waals surface area contributed by atoms with E-state index in [9.17, 15) is 5.11 Å². The molecule has 5 nitrogen and oxygen atoms in total. The Bertz CT molecular complexity index is 666. The van der Waals surface area contributed by atoms with Gasteiger partial charge in [-0.05, 0) is 23.8 Å². The quantitative estimate of drug-likeness (QED) is 0.937. The molecule has 3 rings (SSSR count). The van der Waals surface area contributed by atoms with Gasteiger partial charge in [-0.2, -0.15) is 0 Å². The molecule has 0 fully saturated rings. The molecule has 0 aliphatic carbocycles. The minimum atomic E-state index is 0.189. The first-order chi connectivity index (χ1) is 10.2. The van der Waals surface area contributed by atoms with Crippen molar-refractivity contribution in [3.05, 3.63) is 41.5 Å². The lowest BCUT2D eigenvalue weighted by molar-refractivity contribution is 0.174. The van der Waals surface area contributed by atoms with E-state index in [1.165, 1.54) is 0 Å². The summed E-state index contributed by atoms with van der Waals surface area (Å²) in [6.45, 7) is 0.189. The molecule has 21 heavy (non-hydrogen) atoms. The van der Waals surface area contributed by atoms with Gasteiger partial charge in [-0.15, -0.1) is 0 Å². The Kier molecular flexibility index (Phi) is 3.48. The molecule has 0 saturated heterocycles. The molecule has 5 heteroatoms. The van der Waals surface area contributed by atoms with E-state index < -0.39 is 0 Å². The fourth-order valence-corrected chi connectivity index (χ4v) is 2.33. The van der Waals surface area contributed by atoms with Gasteiger partial charge in [0.2, 0.25) is 6.79 Å². The first-order valence-electron chi connectivity index (χ1n) is 6.53. The molecule has 0 unspecified atom stereocenters. The van der Waals surface area contributed by atoms with E-state index in [4.69, 9.17) is 18.9 Å². The summed E-state index contributed by atoms with van der Waals surface area (Å²) in [5, 5.41) is 10.1. The molecule has 0 atom stereocenters. The lowest BCUT2D eigenvalue weighted by atomic mass is 10.0. The van der Waals surface area contributed by atoms with Gasteiger partial charge in [-0.3, -0.25) is 0 Å². The highest BCUT2D eigenvalue weighted by molar-refractivity contribution is 5.53. The van der Waals surface area contributed by atoms with Crippen molar-refractivity contribution in [3.63, 3.8) is 0 Å². The van der Waals surface area contributed by atoms with Crippen LogP contribution in [-0.4, -0.2) is 26.1 Å². The Morgan fingerprint density at radius 3 is 2.43 bits per heavy atom. The zero-order valence-corrected chi connectivity index (χ0v) is 11.9. The number of fused-ring (bicyclic) bond motifs is 1. The molecule has 1 aliphatic heterocycles. The third kappa shape index (κ3) is 2.54. The zero-order valence-electron chi connectivity index (χ0n) is 11.9. The highest BCUT2D eigenvalue weighted by atomic mass is 16.7. The van der Waals surface area contributed by atoms with Crippen LogP contribution in [0.15, 0.2) is 30.3 Å². The normalized spacial score (nSPS) is 12.3. The van der Waals surface area contributed by atoms with Gasteiger partial charge >= 0.3 is 0 Å². The fourth-order valence-electron chi connectivity index (χ4n) is 2.33. The standard InChI is InChI=1S/C16H16O5/c1-18-13-4-3-10(6-14(13)19-2)5-11-7-15-16(8-12(11)17)21-9-20-15/h3-4,6-8,17H,5,9H2,1-2H3. The van der Waals surface area contributed by atoms with E-state index in [0.29, 0.717) is 29.4 Å². The molecule has 1 N–H and O–H groups in total. The minimum absolute atomic E-state index is 0.189. The van der Waals surface area contributed by atoms with Gasteiger partial charge in [0.1, 0.15) is 5.75 Å². The van der Waals surface area contributed by atoms with Crippen LogP contribution in [0.25, 0.3) is 0 Å². The smallest absolute Gasteiger partial charge is 0.231 e. The van der Waals surface area contributed by atoms with Crippen LogP contribution >= 0.6 is 0 Å². The summed E-state index contributed by atoms with van der Waals surface area (Å²) in [4.78, 5) is 0. The largest absolute Gasteiger partial charge is 0.508 e. The lowest BCUT2D eigenvalue weighted by Crippen LogP contribution is -1.94. The third-order valence-electron chi connectivity index (χ3n) is 3.42. The van der Waals surface area contributed by atoms with Gasteiger partial charge in [-0.25, -0.2) is 0 Å². The number of rotatable bonds is 4. The van der Waals surface area contributed by atoms with E-state index in [2.05, 4.69) is 0 Å². The van der Waals surface area contributed by atoms with E-state index in [-0.39, 0.29) is 12.5 Å². The maximum Gasteiger partial charge on any atom is 0.231 e. The summed E-state index contributed by atoms with van der Waals surface area (Å²) in [5.74, 6) is 2.76. The third-order valence-corrected chi connectivity index (χ3v) is 3.42. The van der Waals surface area contributed by atoms with Gasteiger partial charge in [0.15, 0.2) is 23.0 Å². The Balaban J connectivity index is 1.90. The van der Waals surface area contributed by atoms with Crippen molar-refractivity contribution in [1.82, 2.24) is 0 Å². The molecule has 0 radical (unpaired) electrons. The van der Waals surface area contributed by atoms with Gasteiger partial charge in [-0.1, -0.05) is 6.07 Å². The average Bonchev–Trinajstić information content (AvgIpc) is 2.94. The average molecular weight is 288 g/mol. The second-order valence-corrected chi connectivity index (χ2v) is 4.70. The molecule has 110 valence electrons. The molecule has 0 amide bonds. The SMILES string of the molecule is COc1ccc(Cc2cc3c(cc2O)OCO3)cc1OC. The van der Waals surface area contributed by atoms with Crippen molar-refractivity contribution in [3.8, 4) is 28.7 Å².